The minimum atomic E-state index is -4.95. The van der Waals surface area contributed by atoms with Crippen LogP contribution in [-0.2, 0) is 16.2 Å². The van der Waals surface area contributed by atoms with Gasteiger partial charge in [0.15, 0.2) is 0 Å². The van der Waals surface area contributed by atoms with Gasteiger partial charge in [-0.1, -0.05) is 6.07 Å². The molecule has 0 radical (unpaired) electrons. The van der Waals surface area contributed by atoms with Crippen LogP contribution in [0.5, 0.6) is 0 Å². The monoisotopic (exact) mass is 344 g/mol. The molecular formula is C14H8F4N2O2S. The van der Waals surface area contributed by atoms with Crippen molar-refractivity contribution in [2.75, 3.05) is 4.72 Å². The van der Waals surface area contributed by atoms with Crippen LogP contribution in [0.15, 0.2) is 47.4 Å². The quantitative estimate of drug-likeness (QED) is 0.866. The summed E-state index contributed by atoms with van der Waals surface area (Å²) in [6.07, 6.45) is -4.95. The lowest BCUT2D eigenvalue weighted by Gasteiger charge is -2.12. The second kappa shape index (κ2) is 5.89. The SMILES string of the molecule is N#Cc1cccc(S(=O)(=O)Nc2ccc(F)c(C(F)(F)F)c2)c1. The van der Waals surface area contributed by atoms with Crippen molar-refractivity contribution in [1.82, 2.24) is 0 Å². The molecule has 0 saturated carbocycles. The summed E-state index contributed by atoms with van der Waals surface area (Å²) >= 11 is 0. The molecule has 23 heavy (non-hydrogen) atoms. The first-order chi connectivity index (χ1) is 10.6. The van der Waals surface area contributed by atoms with Crippen LogP contribution in [0.4, 0.5) is 23.2 Å². The van der Waals surface area contributed by atoms with Crippen molar-refractivity contribution in [3.63, 3.8) is 0 Å². The summed E-state index contributed by atoms with van der Waals surface area (Å²) < 4.78 is 77.2. The normalized spacial score (nSPS) is 11.8. The number of sulfonamides is 1. The second-order valence-corrected chi connectivity index (χ2v) is 6.12. The van der Waals surface area contributed by atoms with Gasteiger partial charge in [-0.2, -0.15) is 18.4 Å². The average Bonchev–Trinajstić information content (AvgIpc) is 2.48. The van der Waals surface area contributed by atoms with E-state index in [4.69, 9.17) is 5.26 Å². The topological polar surface area (TPSA) is 70.0 Å². The van der Waals surface area contributed by atoms with Crippen molar-refractivity contribution >= 4 is 15.7 Å². The fourth-order valence-corrected chi connectivity index (χ4v) is 2.85. The Balaban J connectivity index is 2.40. The number of nitrogens with one attached hydrogen (secondary N) is 1. The van der Waals surface area contributed by atoms with Crippen LogP contribution in [0.25, 0.3) is 0 Å². The molecule has 0 amide bonds. The summed E-state index contributed by atoms with van der Waals surface area (Å²) in [6.45, 7) is 0. The van der Waals surface area contributed by atoms with E-state index in [0.29, 0.717) is 12.1 Å². The predicted molar refractivity (Wildman–Crippen MR) is 73.4 cm³/mol. The predicted octanol–water partition coefficient (Wildman–Crippen LogP) is 3.52. The van der Waals surface area contributed by atoms with Crippen LogP contribution in [0.3, 0.4) is 0 Å². The van der Waals surface area contributed by atoms with E-state index >= 15 is 0 Å². The van der Waals surface area contributed by atoms with Gasteiger partial charge in [-0.25, -0.2) is 12.8 Å². The summed E-state index contributed by atoms with van der Waals surface area (Å²) in [7, 11) is -4.21. The number of rotatable bonds is 3. The first-order valence-corrected chi connectivity index (χ1v) is 7.51. The van der Waals surface area contributed by atoms with E-state index in [0.717, 1.165) is 12.1 Å². The van der Waals surface area contributed by atoms with E-state index in [1.807, 2.05) is 4.72 Å². The Morgan fingerprint density at radius 3 is 2.39 bits per heavy atom. The van der Waals surface area contributed by atoms with E-state index in [1.54, 1.807) is 6.07 Å². The van der Waals surface area contributed by atoms with Gasteiger partial charge in [0.1, 0.15) is 5.82 Å². The molecule has 0 spiro atoms. The van der Waals surface area contributed by atoms with Crippen LogP contribution in [0.2, 0.25) is 0 Å². The van der Waals surface area contributed by atoms with E-state index < -0.39 is 33.3 Å². The molecule has 0 aliphatic heterocycles. The molecule has 4 nitrogen and oxygen atoms in total. The molecule has 0 unspecified atom stereocenters. The number of anilines is 1. The van der Waals surface area contributed by atoms with Gasteiger partial charge in [0.05, 0.1) is 22.1 Å². The van der Waals surface area contributed by atoms with Crippen LogP contribution in [0.1, 0.15) is 11.1 Å². The van der Waals surface area contributed by atoms with Crippen molar-refractivity contribution < 1.29 is 26.0 Å². The molecule has 0 heterocycles. The molecule has 2 aromatic carbocycles. The zero-order valence-corrected chi connectivity index (χ0v) is 12.0. The van der Waals surface area contributed by atoms with Crippen molar-refractivity contribution in [2.24, 2.45) is 0 Å². The second-order valence-electron chi connectivity index (χ2n) is 4.44. The van der Waals surface area contributed by atoms with Gasteiger partial charge in [-0.05, 0) is 36.4 Å². The highest BCUT2D eigenvalue weighted by molar-refractivity contribution is 7.92. The first-order valence-electron chi connectivity index (χ1n) is 6.03. The van der Waals surface area contributed by atoms with Gasteiger partial charge in [-0.15, -0.1) is 0 Å². The molecule has 120 valence electrons. The zero-order valence-electron chi connectivity index (χ0n) is 11.2. The van der Waals surface area contributed by atoms with E-state index in [1.165, 1.54) is 18.2 Å². The van der Waals surface area contributed by atoms with Gasteiger partial charge in [0.25, 0.3) is 10.0 Å². The van der Waals surface area contributed by atoms with Gasteiger partial charge in [0, 0.05) is 5.69 Å². The fraction of sp³-hybridized carbons (Fsp3) is 0.0714. The molecule has 9 heteroatoms. The number of nitriles is 1. The molecule has 0 aliphatic carbocycles. The summed E-state index contributed by atoms with van der Waals surface area (Å²) in [6, 6.07) is 8.44. The molecule has 2 aromatic rings. The zero-order chi connectivity index (χ0) is 17.3. The minimum Gasteiger partial charge on any atom is -0.280 e. The van der Waals surface area contributed by atoms with Crippen molar-refractivity contribution in [3.05, 3.63) is 59.4 Å². The number of hydrogen-bond donors (Lipinski definition) is 1. The highest BCUT2D eigenvalue weighted by Crippen LogP contribution is 2.33. The molecule has 2 rings (SSSR count). The van der Waals surface area contributed by atoms with Gasteiger partial charge >= 0.3 is 6.18 Å². The third-order valence-electron chi connectivity index (χ3n) is 2.80. The van der Waals surface area contributed by atoms with Crippen LogP contribution in [-0.4, -0.2) is 8.42 Å². The lowest BCUT2D eigenvalue weighted by atomic mass is 10.2. The summed E-state index contributed by atoms with van der Waals surface area (Å²) in [5, 5.41) is 8.74. The Morgan fingerprint density at radius 2 is 1.78 bits per heavy atom. The Kier molecular flexibility index (Phi) is 4.29. The molecule has 0 saturated heterocycles. The highest BCUT2D eigenvalue weighted by atomic mass is 32.2. The number of hydrogen-bond acceptors (Lipinski definition) is 3. The maximum absolute atomic E-state index is 13.2. The molecule has 0 atom stereocenters. The van der Waals surface area contributed by atoms with Crippen molar-refractivity contribution in [1.29, 1.82) is 5.26 Å². The molecule has 0 aromatic heterocycles. The third-order valence-corrected chi connectivity index (χ3v) is 4.18. The Morgan fingerprint density at radius 1 is 1.09 bits per heavy atom. The number of benzene rings is 2. The summed E-state index contributed by atoms with van der Waals surface area (Å²) in [5.74, 6) is -1.51. The lowest BCUT2D eigenvalue weighted by molar-refractivity contribution is -0.139. The van der Waals surface area contributed by atoms with Crippen LogP contribution in [0, 0.1) is 17.1 Å². The lowest BCUT2D eigenvalue weighted by Crippen LogP contribution is -2.15. The minimum absolute atomic E-state index is 0.0722. The Labute approximate surface area is 129 Å². The number of halogens is 4. The maximum Gasteiger partial charge on any atom is 0.419 e. The molecule has 0 bridgehead atoms. The Hall–Kier alpha value is -2.60. The van der Waals surface area contributed by atoms with Gasteiger partial charge in [0.2, 0.25) is 0 Å². The smallest absolute Gasteiger partial charge is 0.280 e. The fourth-order valence-electron chi connectivity index (χ4n) is 1.75. The third kappa shape index (κ3) is 3.78. The van der Waals surface area contributed by atoms with Crippen LogP contribution < -0.4 is 4.72 Å². The molecular weight excluding hydrogens is 336 g/mol. The summed E-state index contributed by atoms with van der Waals surface area (Å²) in [5.41, 5.74) is -1.95. The molecule has 0 fully saturated rings. The number of nitrogens with zero attached hydrogens (tertiary/aromatic N) is 1. The maximum atomic E-state index is 13.2. The summed E-state index contributed by atoms with van der Waals surface area (Å²) in [4.78, 5) is -0.297. The van der Waals surface area contributed by atoms with Gasteiger partial charge < -0.3 is 0 Å². The molecule has 1 N–H and O–H groups in total. The van der Waals surface area contributed by atoms with E-state index in [2.05, 4.69) is 0 Å². The number of alkyl halides is 3. The largest absolute Gasteiger partial charge is 0.419 e. The van der Waals surface area contributed by atoms with Crippen molar-refractivity contribution in [3.8, 4) is 6.07 Å². The van der Waals surface area contributed by atoms with Crippen LogP contribution >= 0.6 is 0 Å². The first kappa shape index (κ1) is 16.8. The average molecular weight is 344 g/mol. The molecule has 0 aliphatic rings. The van der Waals surface area contributed by atoms with E-state index in [-0.39, 0.29) is 10.5 Å². The van der Waals surface area contributed by atoms with Gasteiger partial charge in [-0.3, -0.25) is 4.72 Å². The van der Waals surface area contributed by atoms with E-state index in [9.17, 15) is 26.0 Å². The highest BCUT2D eigenvalue weighted by Gasteiger charge is 2.34. The standard InChI is InChI=1S/C14H8F4N2O2S/c15-13-5-4-10(7-12(13)14(16,17)18)20-23(21,22)11-3-1-2-9(6-11)8-19/h1-7,20H. The van der Waals surface area contributed by atoms with Crippen molar-refractivity contribution in [2.45, 2.75) is 11.1 Å². The Bertz CT molecular complexity index is 886.